The first-order valence-electron chi connectivity index (χ1n) is 31.9. The molecule has 0 spiro atoms. The maximum absolute atomic E-state index is 13.6. The van der Waals surface area contributed by atoms with Gasteiger partial charge in [-0.1, -0.05) is 239 Å². The fourth-order valence-corrected chi connectivity index (χ4v) is 9.21. The second kappa shape index (κ2) is 57.6. The van der Waals surface area contributed by atoms with Gasteiger partial charge in [0.25, 0.3) is 0 Å². The van der Waals surface area contributed by atoms with E-state index in [-0.39, 0.29) is 31.5 Å². The van der Waals surface area contributed by atoms with Crippen LogP contribution >= 0.6 is 7.82 Å². The van der Waals surface area contributed by atoms with E-state index in [0.29, 0.717) is 30.3 Å². The molecule has 0 saturated heterocycles. The number of rotatable bonds is 56. The van der Waals surface area contributed by atoms with E-state index in [9.17, 15) is 19.0 Å². The van der Waals surface area contributed by atoms with Gasteiger partial charge in [-0.25, -0.2) is 4.57 Å². The molecule has 0 aliphatic rings. The molecule has 452 valence electrons. The molecule has 0 aromatic rings. The van der Waals surface area contributed by atoms with Gasteiger partial charge in [0, 0.05) is 12.8 Å². The summed E-state index contributed by atoms with van der Waals surface area (Å²) < 4.78 is 30.7. The van der Waals surface area contributed by atoms with E-state index < -0.39 is 20.0 Å². The standard InChI is InChI=1S/C69H119N2O7P/c1-7-10-13-16-19-22-25-28-30-32-34-35-37-38-40-43-46-49-52-55-58-61-68(72)70-66(65-77-79(74,75)76-64-63-71(4,5)6)67(60-57-54-51-48-45-42-27-24-21-18-15-12-9-3)78-69(73)62-59-56-53-50-47-44-41-39-36-33-31-29-26-23-20-17-14-11-8-2/h10,13,19-20,22-23,28-31,34-36,38-40,44,47,57,60,66-67H,7-9,11-12,14-18,21,24-27,32-33,37,41-43,45-46,48-56,58-59,61-65H2,1-6H3,(H-,70,72,74,75)/p+1/b13-10-,22-19-,23-20-,30-28-,31-29-,35-34-,39-36-,40-38-,47-44-,60-57+. The summed E-state index contributed by atoms with van der Waals surface area (Å²) in [6.07, 6.45) is 80.5. The number of hydrogen-bond acceptors (Lipinski definition) is 6. The molecular weight excluding hydrogens is 1000 g/mol. The molecule has 0 rings (SSSR count). The molecule has 0 heterocycles. The summed E-state index contributed by atoms with van der Waals surface area (Å²) in [6, 6.07) is -0.881. The highest BCUT2D eigenvalue weighted by Gasteiger charge is 2.30. The van der Waals surface area contributed by atoms with Crippen LogP contribution in [0.1, 0.15) is 252 Å². The van der Waals surface area contributed by atoms with Crippen LogP contribution in [0, 0.1) is 0 Å². The minimum atomic E-state index is -4.47. The van der Waals surface area contributed by atoms with Crippen molar-refractivity contribution < 1.29 is 37.3 Å². The number of esters is 1. The van der Waals surface area contributed by atoms with Crippen molar-refractivity contribution >= 4 is 19.7 Å². The van der Waals surface area contributed by atoms with Crippen molar-refractivity contribution in [2.24, 2.45) is 0 Å². The van der Waals surface area contributed by atoms with Crippen LogP contribution in [-0.4, -0.2) is 74.3 Å². The second-order valence-corrected chi connectivity index (χ2v) is 23.6. The molecule has 1 amide bonds. The highest BCUT2D eigenvalue weighted by Crippen LogP contribution is 2.43. The normalized spacial score (nSPS) is 14.5. The third kappa shape index (κ3) is 58.9. The third-order valence-corrected chi connectivity index (χ3v) is 14.4. The Kier molecular flexibility index (Phi) is 55.0. The molecule has 0 fully saturated rings. The van der Waals surface area contributed by atoms with Crippen molar-refractivity contribution in [3.05, 3.63) is 122 Å². The van der Waals surface area contributed by atoms with Gasteiger partial charge in [-0.05, 0) is 122 Å². The van der Waals surface area contributed by atoms with Gasteiger partial charge in [0.15, 0.2) is 0 Å². The Balaban J connectivity index is 5.38. The Morgan fingerprint density at radius 1 is 0.456 bits per heavy atom. The first-order chi connectivity index (χ1) is 38.4. The number of likely N-dealkylation sites (N-methyl/N-ethyl adjacent to an activating group) is 1. The van der Waals surface area contributed by atoms with Gasteiger partial charge in [0.05, 0.1) is 33.8 Å². The Bertz CT molecular complexity index is 1770. The lowest BCUT2D eigenvalue weighted by Gasteiger charge is -2.27. The molecule has 0 aliphatic heterocycles. The SMILES string of the molecule is CC/C=C\C/C=C\C/C=C\C/C=C\C/C=C\CCCCCCCC(=O)NC(COP(=O)(O)OCC[N+](C)(C)C)C(/C=C/CCCCCCCCCCCCC)OC(=O)CCCCC/C=C\C/C=C\C/C=C\C/C=C\CCCCC. The van der Waals surface area contributed by atoms with Crippen LogP contribution in [0.15, 0.2) is 122 Å². The predicted octanol–water partition coefficient (Wildman–Crippen LogP) is 19.9. The van der Waals surface area contributed by atoms with Crippen LogP contribution in [-0.2, 0) is 27.9 Å². The minimum Gasteiger partial charge on any atom is -0.456 e. The molecule has 3 unspecified atom stereocenters. The number of ether oxygens (including phenoxy) is 1. The minimum absolute atomic E-state index is 0.0241. The molecule has 0 aromatic carbocycles. The van der Waals surface area contributed by atoms with Gasteiger partial charge in [0.1, 0.15) is 19.3 Å². The fraction of sp³-hybridized carbons (Fsp3) is 0.681. The number of nitrogens with zero attached hydrogens (tertiary/aromatic N) is 1. The maximum atomic E-state index is 13.6. The summed E-state index contributed by atoms with van der Waals surface area (Å²) >= 11 is 0. The molecular formula is C69H120N2O7P+. The van der Waals surface area contributed by atoms with Crippen LogP contribution in [0.5, 0.6) is 0 Å². The molecule has 0 aliphatic carbocycles. The number of carbonyl (C=O) groups excluding carboxylic acids is 2. The maximum Gasteiger partial charge on any atom is 0.472 e. The van der Waals surface area contributed by atoms with Gasteiger partial charge in [-0.15, -0.1) is 0 Å². The number of carbonyl (C=O) groups is 2. The molecule has 3 atom stereocenters. The summed E-state index contributed by atoms with van der Waals surface area (Å²) in [5.74, 6) is -0.569. The summed E-state index contributed by atoms with van der Waals surface area (Å²) in [6.45, 7) is 6.82. The van der Waals surface area contributed by atoms with Crippen LogP contribution < -0.4 is 5.32 Å². The van der Waals surface area contributed by atoms with Gasteiger partial charge >= 0.3 is 13.8 Å². The van der Waals surface area contributed by atoms with Crippen molar-refractivity contribution in [2.75, 3.05) is 40.9 Å². The first-order valence-corrected chi connectivity index (χ1v) is 33.4. The second-order valence-electron chi connectivity index (χ2n) is 22.2. The third-order valence-electron chi connectivity index (χ3n) is 13.4. The Labute approximate surface area is 486 Å². The highest BCUT2D eigenvalue weighted by atomic mass is 31.2. The zero-order valence-corrected chi connectivity index (χ0v) is 52.5. The van der Waals surface area contributed by atoms with Crippen LogP contribution in [0.25, 0.3) is 0 Å². The average Bonchev–Trinajstić information content (AvgIpc) is 3.41. The van der Waals surface area contributed by atoms with Crippen molar-refractivity contribution in [2.45, 2.75) is 264 Å². The molecule has 9 nitrogen and oxygen atoms in total. The van der Waals surface area contributed by atoms with Gasteiger partial charge < -0.3 is 19.4 Å². The van der Waals surface area contributed by atoms with Crippen molar-refractivity contribution in [3.63, 3.8) is 0 Å². The van der Waals surface area contributed by atoms with E-state index in [0.717, 1.165) is 122 Å². The number of amides is 1. The molecule has 10 heteroatoms. The van der Waals surface area contributed by atoms with Crippen LogP contribution in [0.3, 0.4) is 0 Å². The van der Waals surface area contributed by atoms with Gasteiger partial charge in [-0.2, -0.15) is 0 Å². The molecule has 0 bridgehead atoms. The van der Waals surface area contributed by atoms with Gasteiger partial charge in [-0.3, -0.25) is 18.6 Å². The quantitative estimate of drug-likeness (QED) is 0.0205. The zero-order chi connectivity index (χ0) is 57.9. The summed E-state index contributed by atoms with van der Waals surface area (Å²) in [5, 5.41) is 3.04. The number of nitrogens with one attached hydrogen (secondary N) is 1. The molecule has 2 N–H and O–H groups in total. The molecule has 79 heavy (non-hydrogen) atoms. The Morgan fingerprint density at radius 2 is 0.810 bits per heavy atom. The van der Waals surface area contributed by atoms with E-state index in [1.807, 2.05) is 33.3 Å². The number of allylic oxidation sites excluding steroid dienone is 19. The Hall–Kier alpha value is -3.59. The fourth-order valence-electron chi connectivity index (χ4n) is 8.48. The van der Waals surface area contributed by atoms with Crippen LogP contribution in [0.2, 0.25) is 0 Å². The monoisotopic (exact) mass is 1120 g/mol. The number of quaternary nitrogens is 1. The largest absolute Gasteiger partial charge is 0.472 e. The topological polar surface area (TPSA) is 111 Å². The summed E-state index contributed by atoms with van der Waals surface area (Å²) in [4.78, 5) is 37.8. The van der Waals surface area contributed by atoms with E-state index in [1.54, 1.807) is 0 Å². The lowest BCUT2D eigenvalue weighted by Crippen LogP contribution is -2.47. The van der Waals surface area contributed by atoms with E-state index in [2.05, 4.69) is 135 Å². The zero-order valence-electron chi connectivity index (χ0n) is 51.6. The van der Waals surface area contributed by atoms with E-state index in [4.69, 9.17) is 13.8 Å². The van der Waals surface area contributed by atoms with Crippen molar-refractivity contribution in [1.29, 1.82) is 0 Å². The number of hydrogen-bond donors (Lipinski definition) is 2. The highest BCUT2D eigenvalue weighted by molar-refractivity contribution is 7.47. The molecule has 0 aromatic heterocycles. The first kappa shape index (κ1) is 75.4. The summed E-state index contributed by atoms with van der Waals surface area (Å²) in [5.41, 5.74) is 0. The van der Waals surface area contributed by atoms with E-state index >= 15 is 0 Å². The number of unbranched alkanes of at least 4 members (excludes halogenated alkanes) is 22. The average molecular weight is 1120 g/mol. The Morgan fingerprint density at radius 3 is 1.25 bits per heavy atom. The number of phosphoric ester groups is 1. The summed E-state index contributed by atoms with van der Waals surface area (Å²) in [7, 11) is 1.45. The lowest BCUT2D eigenvalue weighted by atomic mass is 10.0. The number of phosphoric acid groups is 1. The predicted molar refractivity (Wildman–Crippen MR) is 341 cm³/mol. The molecule has 0 saturated carbocycles. The smallest absolute Gasteiger partial charge is 0.456 e. The van der Waals surface area contributed by atoms with Gasteiger partial charge in [0.2, 0.25) is 5.91 Å². The molecule has 0 radical (unpaired) electrons. The van der Waals surface area contributed by atoms with E-state index in [1.165, 1.54) is 83.5 Å². The van der Waals surface area contributed by atoms with Crippen molar-refractivity contribution in [1.82, 2.24) is 5.32 Å². The lowest BCUT2D eigenvalue weighted by molar-refractivity contribution is -0.870. The van der Waals surface area contributed by atoms with Crippen molar-refractivity contribution in [3.8, 4) is 0 Å². The van der Waals surface area contributed by atoms with Crippen LogP contribution in [0.4, 0.5) is 0 Å².